The third-order valence-electron chi connectivity index (χ3n) is 4.12. The standard InChI is InChI=1S/C18H16FNO2/c1-3-12(19)9-8-11(2)15-10-16(15)20-17(21)13-6-4-5-7-14(13)18(20)22/h3-9,15-16H,2,10H2,1H3/b9-8-,12-3+/t15-,16-/m1/s1. The van der Waals surface area contributed by atoms with Crippen molar-refractivity contribution in [3.8, 4) is 0 Å². The number of hydrogen-bond acceptors (Lipinski definition) is 2. The van der Waals surface area contributed by atoms with Crippen molar-refractivity contribution in [3.05, 3.63) is 71.6 Å². The van der Waals surface area contributed by atoms with Crippen LogP contribution in [-0.4, -0.2) is 22.8 Å². The third-order valence-corrected chi connectivity index (χ3v) is 4.12. The van der Waals surface area contributed by atoms with E-state index in [2.05, 4.69) is 6.58 Å². The predicted octanol–water partition coefficient (Wildman–Crippen LogP) is 3.66. The molecule has 2 amide bonds. The van der Waals surface area contributed by atoms with Crippen LogP contribution in [0.25, 0.3) is 0 Å². The second-order valence-electron chi connectivity index (χ2n) is 5.52. The van der Waals surface area contributed by atoms with Crippen LogP contribution in [0.15, 0.2) is 60.5 Å². The molecule has 1 heterocycles. The van der Waals surface area contributed by atoms with E-state index < -0.39 is 0 Å². The molecule has 3 rings (SSSR count). The monoisotopic (exact) mass is 297 g/mol. The molecule has 0 saturated heterocycles. The summed E-state index contributed by atoms with van der Waals surface area (Å²) in [5, 5.41) is 0. The van der Waals surface area contributed by atoms with Crippen LogP contribution < -0.4 is 0 Å². The fourth-order valence-corrected chi connectivity index (χ4v) is 2.78. The molecule has 1 aromatic rings. The van der Waals surface area contributed by atoms with Gasteiger partial charge in [0, 0.05) is 12.0 Å². The topological polar surface area (TPSA) is 37.4 Å². The maximum atomic E-state index is 13.1. The van der Waals surface area contributed by atoms with Crippen molar-refractivity contribution in [3.63, 3.8) is 0 Å². The zero-order valence-corrected chi connectivity index (χ0v) is 12.3. The average Bonchev–Trinajstić information content (AvgIpc) is 3.27. The minimum Gasteiger partial charge on any atom is -0.271 e. The van der Waals surface area contributed by atoms with Crippen molar-refractivity contribution in [2.24, 2.45) is 5.92 Å². The Labute approximate surface area is 128 Å². The molecule has 2 aliphatic rings. The number of carbonyl (C=O) groups excluding carboxylic acids is 2. The Bertz CT molecular complexity index is 697. The highest BCUT2D eigenvalue weighted by atomic mass is 19.1. The molecule has 1 fully saturated rings. The number of allylic oxidation sites excluding steroid dienone is 4. The van der Waals surface area contributed by atoms with E-state index in [1.165, 1.54) is 17.1 Å². The lowest BCUT2D eigenvalue weighted by atomic mass is 10.1. The van der Waals surface area contributed by atoms with Crippen molar-refractivity contribution < 1.29 is 14.0 Å². The van der Waals surface area contributed by atoms with Gasteiger partial charge in [-0.15, -0.1) is 0 Å². The van der Waals surface area contributed by atoms with Crippen molar-refractivity contribution in [1.82, 2.24) is 4.90 Å². The molecule has 0 unspecified atom stereocenters. The first-order chi connectivity index (χ1) is 10.5. The number of rotatable bonds is 4. The number of imide groups is 1. The van der Waals surface area contributed by atoms with Gasteiger partial charge in [0.2, 0.25) is 0 Å². The van der Waals surface area contributed by atoms with Gasteiger partial charge in [-0.05, 0) is 37.1 Å². The summed E-state index contributed by atoms with van der Waals surface area (Å²) in [6.07, 6.45) is 5.00. The molecule has 22 heavy (non-hydrogen) atoms. The Balaban J connectivity index is 1.74. The summed E-state index contributed by atoms with van der Waals surface area (Å²) in [5.41, 5.74) is 1.65. The molecule has 2 atom stereocenters. The fourth-order valence-electron chi connectivity index (χ4n) is 2.78. The van der Waals surface area contributed by atoms with Gasteiger partial charge in [0.05, 0.1) is 11.1 Å². The Hall–Kier alpha value is -2.49. The lowest BCUT2D eigenvalue weighted by molar-refractivity contribution is 0.0637. The third kappa shape index (κ3) is 2.30. The molecule has 1 aliphatic carbocycles. The Morgan fingerprint density at radius 3 is 2.36 bits per heavy atom. The molecule has 0 spiro atoms. The van der Waals surface area contributed by atoms with Gasteiger partial charge in [0.25, 0.3) is 11.8 Å². The van der Waals surface area contributed by atoms with Crippen LogP contribution in [0.1, 0.15) is 34.1 Å². The minimum absolute atomic E-state index is 0.0168. The molecule has 0 bridgehead atoms. The lowest BCUT2D eigenvalue weighted by Crippen LogP contribution is -2.33. The zero-order valence-electron chi connectivity index (χ0n) is 12.3. The second-order valence-corrected chi connectivity index (χ2v) is 5.52. The summed E-state index contributed by atoms with van der Waals surface area (Å²) in [4.78, 5) is 26.0. The van der Waals surface area contributed by atoms with Gasteiger partial charge in [0.15, 0.2) is 0 Å². The minimum atomic E-state index is -0.334. The molecule has 1 aliphatic heterocycles. The Morgan fingerprint density at radius 1 is 1.23 bits per heavy atom. The highest BCUT2D eigenvalue weighted by molar-refractivity contribution is 6.21. The number of halogens is 1. The summed E-state index contributed by atoms with van der Waals surface area (Å²) in [6, 6.07) is 6.67. The van der Waals surface area contributed by atoms with Crippen molar-refractivity contribution in [2.75, 3.05) is 0 Å². The van der Waals surface area contributed by atoms with E-state index >= 15 is 0 Å². The van der Waals surface area contributed by atoms with Crippen molar-refractivity contribution >= 4 is 11.8 Å². The normalized spacial score (nSPS) is 24.1. The van der Waals surface area contributed by atoms with Crippen LogP contribution in [0.4, 0.5) is 4.39 Å². The van der Waals surface area contributed by atoms with Gasteiger partial charge in [-0.2, -0.15) is 0 Å². The molecular weight excluding hydrogens is 281 g/mol. The van der Waals surface area contributed by atoms with Crippen molar-refractivity contribution in [2.45, 2.75) is 19.4 Å². The Kier molecular flexibility index (Phi) is 3.53. The number of hydrogen-bond donors (Lipinski definition) is 0. The van der Waals surface area contributed by atoms with Crippen molar-refractivity contribution in [1.29, 1.82) is 0 Å². The molecule has 112 valence electrons. The molecule has 1 aromatic carbocycles. The molecular formula is C18H16FNO2. The molecule has 4 heteroatoms. The van der Waals surface area contributed by atoms with Crippen LogP contribution in [0.5, 0.6) is 0 Å². The maximum Gasteiger partial charge on any atom is 0.261 e. The van der Waals surface area contributed by atoms with Crippen LogP contribution >= 0.6 is 0 Å². The summed E-state index contributed by atoms with van der Waals surface area (Å²) in [5.74, 6) is -0.809. The van der Waals surface area contributed by atoms with Gasteiger partial charge in [-0.1, -0.05) is 30.9 Å². The number of fused-ring (bicyclic) bond motifs is 1. The second kappa shape index (κ2) is 5.37. The van der Waals surface area contributed by atoms with E-state index in [1.54, 1.807) is 37.3 Å². The van der Waals surface area contributed by atoms with Gasteiger partial charge in [-0.3, -0.25) is 14.5 Å². The van der Waals surface area contributed by atoms with Crippen LogP contribution in [0, 0.1) is 5.92 Å². The summed E-state index contributed by atoms with van der Waals surface area (Å²) < 4.78 is 13.1. The summed E-state index contributed by atoms with van der Waals surface area (Å²) in [6.45, 7) is 5.53. The number of nitrogens with zero attached hydrogens (tertiary/aromatic N) is 1. The molecule has 0 N–H and O–H groups in total. The van der Waals surface area contributed by atoms with Crippen LogP contribution in [0.3, 0.4) is 0 Å². The maximum absolute atomic E-state index is 13.1. The van der Waals surface area contributed by atoms with E-state index in [9.17, 15) is 14.0 Å². The SMILES string of the molecule is C=C(/C=C\C(F)=C/C)[C@H]1C[C@H]1N1C(=O)c2ccccc2C1=O. The molecule has 0 radical (unpaired) electrons. The van der Waals surface area contributed by atoms with E-state index in [0.717, 1.165) is 5.57 Å². The van der Waals surface area contributed by atoms with Gasteiger partial charge in [0.1, 0.15) is 5.83 Å². The number of carbonyl (C=O) groups is 2. The first-order valence-electron chi connectivity index (χ1n) is 7.20. The van der Waals surface area contributed by atoms with E-state index in [0.29, 0.717) is 17.5 Å². The predicted molar refractivity (Wildman–Crippen MR) is 82.0 cm³/mol. The van der Waals surface area contributed by atoms with Crippen LogP contribution in [-0.2, 0) is 0 Å². The zero-order chi connectivity index (χ0) is 15.9. The van der Waals surface area contributed by atoms with Gasteiger partial charge < -0.3 is 0 Å². The van der Waals surface area contributed by atoms with E-state index in [-0.39, 0.29) is 29.6 Å². The first kappa shape index (κ1) is 14.4. The number of benzene rings is 1. The molecule has 3 nitrogen and oxygen atoms in total. The van der Waals surface area contributed by atoms with Crippen LogP contribution in [0.2, 0.25) is 0 Å². The average molecular weight is 297 g/mol. The lowest BCUT2D eigenvalue weighted by Gasteiger charge is -2.13. The highest BCUT2D eigenvalue weighted by Crippen LogP contribution is 2.44. The van der Waals surface area contributed by atoms with Gasteiger partial charge in [-0.25, -0.2) is 4.39 Å². The fraction of sp³-hybridized carbons (Fsp3) is 0.222. The van der Waals surface area contributed by atoms with E-state index in [4.69, 9.17) is 0 Å². The first-order valence-corrected chi connectivity index (χ1v) is 7.20. The van der Waals surface area contributed by atoms with E-state index in [1.807, 2.05) is 0 Å². The quantitative estimate of drug-likeness (QED) is 0.628. The molecule has 0 aromatic heterocycles. The van der Waals surface area contributed by atoms with Gasteiger partial charge >= 0.3 is 0 Å². The smallest absolute Gasteiger partial charge is 0.261 e. The Morgan fingerprint density at radius 2 is 1.82 bits per heavy atom. The number of amides is 2. The highest BCUT2D eigenvalue weighted by Gasteiger charge is 2.51. The summed E-state index contributed by atoms with van der Waals surface area (Å²) in [7, 11) is 0. The largest absolute Gasteiger partial charge is 0.271 e. The molecule has 1 saturated carbocycles. The summed E-state index contributed by atoms with van der Waals surface area (Å²) >= 11 is 0.